The van der Waals surface area contributed by atoms with Crippen molar-refractivity contribution in [3.05, 3.63) is 11.3 Å². The van der Waals surface area contributed by atoms with E-state index in [1.165, 1.54) is 4.31 Å². The minimum absolute atomic E-state index is 0.0922. The molecule has 0 aromatic carbocycles. The lowest BCUT2D eigenvalue weighted by Crippen LogP contribution is -2.42. The highest BCUT2D eigenvalue weighted by Crippen LogP contribution is 2.14. The highest BCUT2D eigenvalue weighted by Gasteiger charge is 2.25. The number of hydrogen-bond acceptors (Lipinski definition) is 5. The number of H-pyrrole nitrogens is 1. The number of aromatic nitrogens is 2. The summed E-state index contributed by atoms with van der Waals surface area (Å²) in [7, 11) is -3.41. The van der Waals surface area contributed by atoms with Crippen LogP contribution in [0.2, 0.25) is 0 Å². The molecule has 0 saturated carbocycles. The molecule has 0 atom stereocenters. The average molecular weight is 316 g/mol. The number of carbonyl (C=O) groups is 1. The lowest BCUT2D eigenvalue weighted by Gasteiger charge is -2.25. The third-order valence-corrected chi connectivity index (χ3v) is 5.33. The Hall–Kier alpha value is -1.45. The fraction of sp³-hybridized carbons (Fsp3) is 0.667. The van der Waals surface area contributed by atoms with Crippen LogP contribution in [-0.4, -0.2) is 60.9 Å². The van der Waals surface area contributed by atoms with Gasteiger partial charge in [0.2, 0.25) is 15.9 Å². The van der Waals surface area contributed by atoms with E-state index in [0.717, 1.165) is 11.3 Å². The Morgan fingerprint density at radius 3 is 2.62 bits per heavy atom. The number of amides is 1. The molecule has 1 aromatic rings. The van der Waals surface area contributed by atoms with Crippen molar-refractivity contribution in [3.63, 3.8) is 0 Å². The van der Waals surface area contributed by atoms with E-state index in [9.17, 15) is 13.2 Å². The normalized spacial score (nSPS) is 16.9. The summed E-state index contributed by atoms with van der Waals surface area (Å²) in [6.45, 7) is 5.18. The van der Waals surface area contributed by atoms with Gasteiger partial charge in [0, 0.05) is 30.8 Å². The van der Waals surface area contributed by atoms with E-state index < -0.39 is 10.0 Å². The van der Waals surface area contributed by atoms with Gasteiger partial charge in [-0.15, -0.1) is 0 Å². The molecule has 1 aliphatic heterocycles. The third kappa shape index (κ3) is 4.02. The summed E-state index contributed by atoms with van der Waals surface area (Å²) in [6, 6.07) is 0. The van der Waals surface area contributed by atoms with Crippen LogP contribution in [0.3, 0.4) is 0 Å². The number of carbonyl (C=O) groups excluding carboxylic acids is 1. The first-order chi connectivity index (χ1) is 9.90. The molecule has 2 heterocycles. The molecule has 2 rings (SSSR count). The van der Waals surface area contributed by atoms with E-state index in [1.807, 2.05) is 13.8 Å². The summed E-state index contributed by atoms with van der Waals surface area (Å²) in [5.41, 5.74) is 1.71. The number of aromatic amines is 1. The molecule has 0 aliphatic carbocycles. The molecule has 21 heavy (non-hydrogen) atoms. The molecule has 2 N–H and O–H groups in total. The number of ether oxygens (including phenoxy) is 1. The van der Waals surface area contributed by atoms with Gasteiger partial charge in [0.1, 0.15) is 0 Å². The molecule has 1 fully saturated rings. The van der Waals surface area contributed by atoms with E-state index in [1.54, 1.807) is 0 Å². The summed E-state index contributed by atoms with van der Waals surface area (Å²) in [4.78, 5) is 11.8. The van der Waals surface area contributed by atoms with Crippen molar-refractivity contribution in [2.75, 3.05) is 37.4 Å². The van der Waals surface area contributed by atoms with Gasteiger partial charge in [0.05, 0.1) is 19.0 Å². The number of nitrogens with zero attached hydrogens (tertiary/aromatic N) is 2. The highest BCUT2D eigenvalue weighted by atomic mass is 32.2. The molecule has 0 radical (unpaired) electrons. The van der Waals surface area contributed by atoms with Gasteiger partial charge in [-0.1, -0.05) is 0 Å². The smallest absolute Gasteiger partial charge is 0.226 e. The zero-order valence-corrected chi connectivity index (χ0v) is 13.0. The van der Waals surface area contributed by atoms with Crippen molar-refractivity contribution in [2.24, 2.45) is 0 Å². The van der Waals surface area contributed by atoms with E-state index in [2.05, 4.69) is 15.5 Å². The van der Waals surface area contributed by atoms with Crippen molar-refractivity contribution in [3.8, 4) is 0 Å². The van der Waals surface area contributed by atoms with Crippen LogP contribution >= 0.6 is 0 Å². The molecule has 9 heteroatoms. The quantitative estimate of drug-likeness (QED) is 0.797. The number of aryl methyl sites for hydroxylation is 1. The van der Waals surface area contributed by atoms with Crippen LogP contribution in [0, 0.1) is 13.8 Å². The van der Waals surface area contributed by atoms with E-state index in [0.29, 0.717) is 32.1 Å². The predicted molar refractivity (Wildman–Crippen MR) is 77.5 cm³/mol. The number of rotatable bonds is 5. The molecular weight excluding hydrogens is 296 g/mol. The van der Waals surface area contributed by atoms with E-state index in [4.69, 9.17) is 4.74 Å². The van der Waals surface area contributed by atoms with Crippen LogP contribution in [-0.2, 0) is 19.6 Å². The maximum absolute atomic E-state index is 12.1. The average Bonchev–Trinajstić information content (AvgIpc) is 2.78. The summed E-state index contributed by atoms with van der Waals surface area (Å²) < 4.78 is 30.7. The lowest BCUT2D eigenvalue weighted by molar-refractivity contribution is -0.115. The zero-order valence-electron chi connectivity index (χ0n) is 12.2. The SMILES string of the molecule is Cc1[nH]nc(NC(=O)CCS(=O)(=O)N2CCOCC2)c1C. The molecule has 0 unspecified atom stereocenters. The van der Waals surface area contributed by atoms with Crippen LogP contribution in [0.25, 0.3) is 0 Å². The van der Waals surface area contributed by atoms with Crippen molar-refractivity contribution in [1.82, 2.24) is 14.5 Å². The van der Waals surface area contributed by atoms with Gasteiger partial charge in [0.25, 0.3) is 0 Å². The van der Waals surface area contributed by atoms with Crippen molar-refractivity contribution < 1.29 is 17.9 Å². The van der Waals surface area contributed by atoms with Gasteiger partial charge in [-0.3, -0.25) is 9.89 Å². The molecular formula is C12H20N4O4S. The highest BCUT2D eigenvalue weighted by molar-refractivity contribution is 7.89. The Morgan fingerprint density at radius 2 is 2.05 bits per heavy atom. The number of nitrogens with one attached hydrogen (secondary N) is 2. The van der Waals surface area contributed by atoms with Crippen molar-refractivity contribution >= 4 is 21.7 Å². The molecule has 1 saturated heterocycles. The van der Waals surface area contributed by atoms with E-state index >= 15 is 0 Å². The summed E-state index contributed by atoms with van der Waals surface area (Å²) in [5.74, 6) is -0.121. The van der Waals surface area contributed by atoms with Gasteiger partial charge in [0.15, 0.2) is 5.82 Å². The largest absolute Gasteiger partial charge is 0.379 e. The third-order valence-electron chi connectivity index (χ3n) is 3.46. The van der Waals surface area contributed by atoms with Crippen LogP contribution in [0.5, 0.6) is 0 Å². The lowest BCUT2D eigenvalue weighted by atomic mass is 10.3. The molecule has 1 aromatic heterocycles. The molecule has 1 aliphatic rings. The molecule has 0 bridgehead atoms. The number of hydrogen-bond donors (Lipinski definition) is 2. The molecule has 8 nitrogen and oxygen atoms in total. The van der Waals surface area contributed by atoms with Gasteiger partial charge in [-0.25, -0.2) is 8.42 Å². The van der Waals surface area contributed by atoms with Crippen LogP contribution in [0.1, 0.15) is 17.7 Å². The second-order valence-corrected chi connectivity index (χ2v) is 7.04. The predicted octanol–water partition coefficient (Wildman–Crippen LogP) is 0.0171. The minimum Gasteiger partial charge on any atom is -0.379 e. The Balaban J connectivity index is 1.87. The fourth-order valence-corrected chi connectivity index (χ4v) is 3.38. The van der Waals surface area contributed by atoms with Crippen molar-refractivity contribution in [2.45, 2.75) is 20.3 Å². The summed E-state index contributed by atoms with van der Waals surface area (Å²) in [5, 5.41) is 9.34. The second kappa shape index (κ2) is 6.54. The monoisotopic (exact) mass is 316 g/mol. The number of sulfonamides is 1. The molecule has 0 spiro atoms. The van der Waals surface area contributed by atoms with Crippen molar-refractivity contribution in [1.29, 1.82) is 0 Å². The standard InChI is InChI=1S/C12H20N4O4S/c1-9-10(2)14-15-12(9)13-11(17)3-8-21(18,19)16-4-6-20-7-5-16/h3-8H2,1-2H3,(H2,13,14,15,17). The number of morpholine rings is 1. The maximum Gasteiger partial charge on any atom is 0.226 e. The molecule has 1 amide bonds. The number of anilines is 1. The fourth-order valence-electron chi connectivity index (χ4n) is 1.98. The first-order valence-corrected chi connectivity index (χ1v) is 8.38. The zero-order chi connectivity index (χ0) is 15.5. The topological polar surface area (TPSA) is 104 Å². The van der Waals surface area contributed by atoms with Gasteiger partial charge in [-0.2, -0.15) is 9.40 Å². The van der Waals surface area contributed by atoms with Gasteiger partial charge < -0.3 is 10.1 Å². The molecule has 118 valence electrons. The van der Waals surface area contributed by atoms with E-state index in [-0.39, 0.29) is 18.1 Å². The first kappa shape index (κ1) is 15.9. The minimum atomic E-state index is -3.41. The van der Waals surface area contributed by atoms with Crippen LogP contribution in [0.4, 0.5) is 5.82 Å². The Morgan fingerprint density at radius 1 is 1.38 bits per heavy atom. The Kier molecular flexibility index (Phi) is 4.96. The second-order valence-electron chi connectivity index (χ2n) is 4.95. The van der Waals surface area contributed by atoms with Gasteiger partial charge >= 0.3 is 0 Å². The Labute approximate surface area is 123 Å². The van der Waals surface area contributed by atoms with Crippen LogP contribution in [0.15, 0.2) is 0 Å². The summed E-state index contributed by atoms with van der Waals surface area (Å²) >= 11 is 0. The first-order valence-electron chi connectivity index (χ1n) is 6.77. The maximum atomic E-state index is 12.1. The Bertz CT molecular complexity index is 605. The summed E-state index contributed by atoms with van der Waals surface area (Å²) in [6.07, 6.45) is -0.0922. The van der Waals surface area contributed by atoms with Crippen LogP contribution < -0.4 is 5.32 Å². The van der Waals surface area contributed by atoms with Gasteiger partial charge in [-0.05, 0) is 13.8 Å².